The topological polar surface area (TPSA) is 71.6 Å². The number of piperidine rings is 1. The second kappa shape index (κ2) is 6.91. The number of hydrogen-bond acceptors (Lipinski definition) is 6. The van der Waals surface area contributed by atoms with Crippen molar-refractivity contribution in [1.82, 2.24) is 10.2 Å². The predicted molar refractivity (Wildman–Crippen MR) is 101 cm³/mol. The Morgan fingerprint density at radius 1 is 1.07 bits per heavy atom. The highest BCUT2D eigenvalue weighted by atomic mass is 16.5. The van der Waals surface area contributed by atoms with Crippen molar-refractivity contribution in [1.29, 1.82) is 0 Å². The second-order valence-electron chi connectivity index (χ2n) is 8.33. The van der Waals surface area contributed by atoms with Crippen molar-refractivity contribution in [3.63, 3.8) is 0 Å². The van der Waals surface area contributed by atoms with Gasteiger partial charge in [-0.1, -0.05) is 41.9 Å². The zero-order valence-electron chi connectivity index (χ0n) is 15.6. The van der Waals surface area contributed by atoms with Crippen LogP contribution < -0.4 is 4.90 Å². The molecule has 6 nitrogen and oxygen atoms in total. The summed E-state index contributed by atoms with van der Waals surface area (Å²) < 4.78 is 12.5. The van der Waals surface area contributed by atoms with Gasteiger partial charge in [-0.2, -0.15) is 0 Å². The number of aliphatic hydroxyl groups excluding tert-OH is 1. The summed E-state index contributed by atoms with van der Waals surface area (Å²) in [6.07, 6.45) is 6.36. The van der Waals surface area contributed by atoms with E-state index < -0.39 is 0 Å². The Morgan fingerprint density at radius 2 is 1.85 bits per heavy atom. The van der Waals surface area contributed by atoms with Crippen molar-refractivity contribution in [3.05, 3.63) is 41.8 Å². The van der Waals surface area contributed by atoms with E-state index in [9.17, 15) is 5.11 Å². The SMILES string of the molecule is O[C@@H]1C[C@H](c2ccccc2)OC2(CCN(c3nnc(C4CCC4)o3)CC2)C1. The molecule has 5 rings (SSSR count). The minimum atomic E-state index is -0.316. The van der Waals surface area contributed by atoms with Gasteiger partial charge in [-0.25, -0.2) is 0 Å². The van der Waals surface area contributed by atoms with E-state index in [0.717, 1.165) is 50.2 Å². The Bertz CT molecular complexity index is 766. The summed E-state index contributed by atoms with van der Waals surface area (Å²) in [5, 5.41) is 19.0. The fourth-order valence-electron chi connectivity index (χ4n) is 4.63. The lowest BCUT2D eigenvalue weighted by molar-refractivity contribution is -0.173. The lowest BCUT2D eigenvalue weighted by Crippen LogP contribution is -2.51. The highest BCUT2D eigenvalue weighted by molar-refractivity contribution is 5.27. The summed E-state index contributed by atoms with van der Waals surface area (Å²) in [5.74, 6) is 1.26. The Morgan fingerprint density at radius 3 is 2.56 bits per heavy atom. The minimum absolute atomic E-state index is 0.0323. The fraction of sp³-hybridized carbons (Fsp3) is 0.619. The van der Waals surface area contributed by atoms with Gasteiger partial charge in [0.25, 0.3) is 0 Å². The molecule has 1 saturated carbocycles. The van der Waals surface area contributed by atoms with Crippen LogP contribution in [-0.2, 0) is 4.74 Å². The van der Waals surface area contributed by atoms with E-state index in [-0.39, 0.29) is 17.8 Å². The van der Waals surface area contributed by atoms with Gasteiger partial charge in [0, 0.05) is 31.8 Å². The summed E-state index contributed by atoms with van der Waals surface area (Å²) in [5.41, 5.74) is 0.894. The van der Waals surface area contributed by atoms with Gasteiger partial charge >= 0.3 is 6.01 Å². The first-order valence-corrected chi connectivity index (χ1v) is 10.2. The van der Waals surface area contributed by atoms with E-state index >= 15 is 0 Å². The van der Waals surface area contributed by atoms with Crippen LogP contribution in [-0.4, -0.2) is 40.1 Å². The number of hydrogen-bond donors (Lipinski definition) is 1. The van der Waals surface area contributed by atoms with Crippen molar-refractivity contribution >= 4 is 6.01 Å². The number of rotatable bonds is 3. The molecule has 1 aliphatic carbocycles. The summed E-state index contributed by atoms with van der Waals surface area (Å²) in [6.45, 7) is 1.64. The molecule has 0 bridgehead atoms. The van der Waals surface area contributed by atoms with Gasteiger partial charge in [0.2, 0.25) is 5.89 Å². The molecule has 1 aromatic carbocycles. The molecule has 27 heavy (non-hydrogen) atoms. The molecule has 6 heteroatoms. The first-order chi connectivity index (χ1) is 13.2. The molecular formula is C21H27N3O3. The lowest BCUT2D eigenvalue weighted by Gasteiger charge is -2.47. The number of benzene rings is 1. The fourth-order valence-corrected chi connectivity index (χ4v) is 4.63. The molecule has 2 aliphatic heterocycles. The number of nitrogens with zero attached hydrogens (tertiary/aromatic N) is 3. The first-order valence-electron chi connectivity index (χ1n) is 10.2. The van der Waals surface area contributed by atoms with Crippen molar-refractivity contribution in [3.8, 4) is 0 Å². The largest absolute Gasteiger partial charge is 0.408 e. The zero-order valence-corrected chi connectivity index (χ0v) is 15.6. The van der Waals surface area contributed by atoms with Gasteiger partial charge < -0.3 is 19.2 Å². The number of aliphatic hydroxyl groups is 1. The summed E-state index contributed by atoms with van der Waals surface area (Å²) >= 11 is 0. The number of ether oxygens (including phenoxy) is 1. The molecule has 1 N–H and O–H groups in total. The van der Waals surface area contributed by atoms with E-state index in [1.807, 2.05) is 18.2 Å². The standard InChI is InChI=1S/C21H27N3O3/c25-17-13-18(15-5-2-1-3-6-15)27-21(14-17)9-11-24(12-10-21)20-23-22-19(26-20)16-7-4-8-16/h1-3,5-6,16-18,25H,4,7-14H2/t17-,18-/m1/s1. The molecule has 0 radical (unpaired) electrons. The third-order valence-corrected chi connectivity index (χ3v) is 6.49. The van der Waals surface area contributed by atoms with Crippen molar-refractivity contribution in [2.45, 2.75) is 68.7 Å². The van der Waals surface area contributed by atoms with Crippen LogP contribution in [0, 0.1) is 0 Å². The average molecular weight is 369 g/mol. The molecule has 0 unspecified atom stereocenters. The minimum Gasteiger partial charge on any atom is -0.408 e. The third kappa shape index (κ3) is 3.36. The van der Waals surface area contributed by atoms with Crippen LogP contribution in [0.2, 0.25) is 0 Å². The molecule has 1 aromatic heterocycles. The molecule has 3 heterocycles. The summed E-state index contributed by atoms with van der Waals surface area (Å²) in [7, 11) is 0. The van der Waals surface area contributed by atoms with Crippen molar-refractivity contribution in [2.24, 2.45) is 0 Å². The monoisotopic (exact) mass is 369 g/mol. The number of aromatic nitrogens is 2. The van der Waals surface area contributed by atoms with Crippen LogP contribution in [0.25, 0.3) is 0 Å². The smallest absolute Gasteiger partial charge is 0.318 e. The molecule has 3 fully saturated rings. The van der Waals surface area contributed by atoms with Crippen LogP contribution in [0.1, 0.15) is 68.4 Å². The average Bonchev–Trinajstić information content (AvgIpc) is 3.10. The highest BCUT2D eigenvalue weighted by Gasteiger charge is 2.44. The maximum absolute atomic E-state index is 10.5. The molecule has 2 saturated heterocycles. The van der Waals surface area contributed by atoms with Crippen molar-refractivity contribution in [2.75, 3.05) is 18.0 Å². The van der Waals surface area contributed by atoms with Gasteiger partial charge in [0.15, 0.2) is 0 Å². The van der Waals surface area contributed by atoms with E-state index in [0.29, 0.717) is 24.8 Å². The van der Waals surface area contributed by atoms with Gasteiger partial charge in [-0.3, -0.25) is 0 Å². The maximum atomic E-state index is 10.5. The predicted octanol–water partition coefficient (Wildman–Crippen LogP) is 3.59. The van der Waals surface area contributed by atoms with Gasteiger partial charge in [-0.05, 0) is 31.2 Å². The van der Waals surface area contributed by atoms with E-state index in [1.54, 1.807) is 0 Å². The molecule has 1 spiro atoms. The quantitative estimate of drug-likeness (QED) is 0.891. The number of anilines is 1. The first kappa shape index (κ1) is 17.2. The van der Waals surface area contributed by atoms with Gasteiger partial charge in [0.05, 0.1) is 17.8 Å². The van der Waals surface area contributed by atoms with Crippen molar-refractivity contribution < 1.29 is 14.3 Å². The van der Waals surface area contributed by atoms with Crippen LogP contribution in [0.4, 0.5) is 6.01 Å². The highest BCUT2D eigenvalue weighted by Crippen LogP contribution is 2.43. The second-order valence-corrected chi connectivity index (χ2v) is 8.33. The van der Waals surface area contributed by atoms with E-state index in [4.69, 9.17) is 9.15 Å². The normalized spacial score (nSPS) is 28.3. The molecular weight excluding hydrogens is 342 g/mol. The Labute approximate surface area is 159 Å². The van der Waals surface area contributed by atoms with Crippen LogP contribution in [0.5, 0.6) is 0 Å². The van der Waals surface area contributed by atoms with Crippen LogP contribution >= 0.6 is 0 Å². The molecule has 2 aromatic rings. The Balaban J connectivity index is 1.26. The van der Waals surface area contributed by atoms with Gasteiger partial charge in [0.1, 0.15) is 0 Å². The maximum Gasteiger partial charge on any atom is 0.318 e. The van der Waals surface area contributed by atoms with Gasteiger partial charge in [-0.15, -0.1) is 5.10 Å². The molecule has 2 atom stereocenters. The molecule has 144 valence electrons. The summed E-state index contributed by atoms with van der Waals surface area (Å²) in [6, 6.07) is 10.9. The lowest BCUT2D eigenvalue weighted by atomic mass is 9.81. The molecule has 0 amide bonds. The van der Waals surface area contributed by atoms with E-state index in [1.165, 1.54) is 6.42 Å². The Kier molecular flexibility index (Phi) is 4.40. The van der Waals surface area contributed by atoms with Crippen LogP contribution in [0.15, 0.2) is 34.7 Å². The zero-order chi connectivity index (χ0) is 18.3. The van der Waals surface area contributed by atoms with E-state index in [2.05, 4.69) is 27.2 Å². The molecule has 3 aliphatic rings. The van der Waals surface area contributed by atoms with Crippen LogP contribution in [0.3, 0.4) is 0 Å². The Hall–Kier alpha value is -1.92. The summed E-state index contributed by atoms with van der Waals surface area (Å²) in [4.78, 5) is 2.17. The third-order valence-electron chi connectivity index (χ3n) is 6.49.